The SMILES string of the molecule is CC(=O)[C@@H](OC(C)(C)C)c1c(C)cc2c(ccc(=O)n2CCCc2ccccc2)c1-c1ccc2c3c(ccnc13)CCO2.CC(=O)[C@@H](OC(C)(C)C)c1c(C)cc2c(ccc(=O)n2Cc2cccnc2)c1-c1ccc2c3c(ccnc13)CCO2.CC(=O)[C@@H](OC(C)(C)C)c1c(C)cc2c(ccc(=O)n2Cc2cnccn2)c1-c1ccc2c3c(ccnc13)CCO2. The maximum atomic E-state index is 13.4. The molecule has 0 spiro atoms. The van der Waals surface area contributed by atoms with E-state index >= 15 is 0 Å². The van der Waals surface area contributed by atoms with E-state index in [1.165, 1.54) is 22.3 Å². The minimum Gasteiger partial charge on any atom is -0.493 e. The maximum Gasteiger partial charge on any atom is 0.251 e. The van der Waals surface area contributed by atoms with E-state index in [4.69, 9.17) is 43.4 Å². The van der Waals surface area contributed by atoms with Gasteiger partial charge < -0.3 is 42.1 Å². The number of fused-ring (bicyclic) bond motifs is 3. The minimum atomic E-state index is -0.822. The van der Waals surface area contributed by atoms with E-state index in [-0.39, 0.29) is 40.6 Å². The Labute approximate surface area is 725 Å². The summed E-state index contributed by atoms with van der Waals surface area (Å²) >= 11 is 0. The topological polar surface area (TPSA) is 250 Å². The highest BCUT2D eigenvalue weighted by atomic mass is 16.5. The van der Waals surface area contributed by atoms with Gasteiger partial charge in [-0.25, -0.2) is 0 Å². The molecule has 0 amide bonds. The number of ether oxygens (including phenoxy) is 6. The monoisotopic (exact) mass is 1670 g/mol. The molecule has 0 radical (unpaired) electrons. The molecule has 0 fully saturated rings. The second-order valence-electron chi connectivity index (χ2n) is 35.6. The number of hydrogen-bond acceptors (Lipinski definition) is 18. The first-order chi connectivity index (χ1) is 59.9. The van der Waals surface area contributed by atoms with Gasteiger partial charge >= 0.3 is 0 Å². The number of carbonyl (C=O) groups excluding carboxylic acids is 3. The Hall–Kier alpha value is -13.1. The molecule has 0 bridgehead atoms. The van der Waals surface area contributed by atoms with Gasteiger partial charge in [0.05, 0.1) is 94.7 Å². The zero-order chi connectivity index (χ0) is 88.1. The molecule has 8 aromatic heterocycles. The highest BCUT2D eigenvalue weighted by molar-refractivity contribution is 6.12. The fraction of sp³-hybridized carbons (Fsp3) is 0.308. The number of carbonyl (C=O) groups is 3. The van der Waals surface area contributed by atoms with Crippen molar-refractivity contribution in [2.75, 3.05) is 19.8 Å². The number of pyridine rings is 7. The number of aryl methyl sites for hydroxylation is 5. The highest BCUT2D eigenvalue weighted by Crippen LogP contribution is 2.50. The van der Waals surface area contributed by atoms with E-state index in [0.717, 1.165) is 187 Å². The molecule has 3 aliphatic heterocycles. The molecule has 0 saturated heterocycles. The number of nitrogens with zero attached hydrogens (tertiary/aromatic N) is 9. The Morgan fingerprint density at radius 3 is 1.14 bits per heavy atom. The average molecular weight is 1670 g/mol. The molecule has 11 heterocycles. The van der Waals surface area contributed by atoms with Gasteiger partial charge in [0.1, 0.15) is 35.6 Å². The van der Waals surface area contributed by atoms with Crippen molar-refractivity contribution in [2.24, 2.45) is 0 Å². The summed E-state index contributed by atoms with van der Waals surface area (Å²) in [6.45, 7) is 31.3. The van der Waals surface area contributed by atoms with Gasteiger partial charge in [-0.05, 0) is 292 Å². The molecule has 18 rings (SSSR count). The van der Waals surface area contributed by atoms with Gasteiger partial charge in [0.25, 0.3) is 16.7 Å². The van der Waals surface area contributed by atoms with Gasteiger partial charge in [-0.2, -0.15) is 0 Å². The molecule has 15 aromatic rings. The summed E-state index contributed by atoms with van der Waals surface area (Å²) in [6, 6.07) is 48.7. The van der Waals surface area contributed by atoms with Gasteiger partial charge in [0.2, 0.25) is 0 Å². The lowest BCUT2D eigenvalue weighted by Gasteiger charge is -2.30. The first-order valence-corrected chi connectivity index (χ1v) is 42.7. The van der Waals surface area contributed by atoms with Crippen molar-refractivity contribution in [1.82, 2.24) is 43.6 Å². The van der Waals surface area contributed by atoms with Crippen LogP contribution >= 0.6 is 0 Å². The molecule has 636 valence electrons. The van der Waals surface area contributed by atoms with E-state index in [0.29, 0.717) is 38.6 Å². The summed E-state index contributed by atoms with van der Waals surface area (Å²) in [5.41, 5.74) is 19.2. The van der Waals surface area contributed by atoms with Crippen LogP contribution in [0.3, 0.4) is 0 Å². The molecule has 125 heavy (non-hydrogen) atoms. The lowest BCUT2D eigenvalue weighted by atomic mass is 9.85. The van der Waals surface area contributed by atoms with Crippen molar-refractivity contribution < 1.29 is 42.8 Å². The van der Waals surface area contributed by atoms with E-state index in [2.05, 4.69) is 33.2 Å². The van der Waals surface area contributed by atoms with Gasteiger partial charge in [0, 0.05) is 136 Å². The van der Waals surface area contributed by atoms with Gasteiger partial charge in [-0.3, -0.25) is 58.7 Å². The van der Waals surface area contributed by atoms with Gasteiger partial charge in [-0.15, -0.1) is 0 Å². The molecule has 21 heteroatoms. The van der Waals surface area contributed by atoms with Crippen molar-refractivity contribution in [1.29, 1.82) is 0 Å². The van der Waals surface area contributed by atoms with Crippen LogP contribution in [0, 0.1) is 20.8 Å². The summed E-state index contributed by atoms with van der Waals surface area (Å²) in [4.78, 5) is 107. The standard InChI is InChI=1S/C37H38N2O4.C34H33N3O4.C33H32N4O4/c1-23-22-29-27(14-16-31(41)39(29)20-9-12-25-10-7-6-8-11-25)34(32(23)36(24(2)40)43-37(3,4)5)28-13-15-30-33-26(18-21-42-30)17-19-38-35(28)33;1-20-17-26-24(9-11-28(39)37(26)19-22-7-6-14-35-18-22)31(29(20)33(21(2)38)41-34(3,4)5)25-8-10-27-30-23(13-16-40-27)12-15-36-32(25)30;1-19-16-25-23(7-9-27(39)37(25)18-22-17-34-13-14-35-22)30(28(19)32(20(2)38)41-33(3,4)5)24-6-8-26-29-21(11-15-40-26)10-12-36-31(24)29/h6-8,10-11,13-17,19,22,36H,9,12,18,20-21H2,1-5H3;6-12,14-15,17-18,33H,13,16,19H2,1-5H3;6-10,12-14,16-17,32H,11,15,18H2,1-5H3/t36-;33-;32-/m111/s1. The number of hydrogen-bond donors (Lipinski definition) is 0. The van der Waals surface area contributed by atoms with Crippen LogP contribution in [0.5, 0.6) is 17.2 Å². The molecule has 21 nitrogen and oxygen atoms in total. The summed E-state index contributed by atoms with van der Waals surface area (Å²) in [7, 11) is 0. The maximum absolute atomic E-state index is 13.4. The Morgan fingerprint density at radius 2 is 0.776 bits per heavy atom. The molecular formula is C104H103N9O12. The second kappa shape index (κ2) is 34.9. The van der Waals surface area contributed by atoms with E-state index in [1.54, 1.807) is 79.1 Å². The number of benzene rings is 7. The lowest BCUT2D eigenvalue weighted by molar-refractivity contribution is -0.139. The van der Waals surface area contributed by atoms with Crippen LogP contribution in [0.25, 0.3) is 98.8 Å². The highest BCUT2D eigenvalue weighted by Gasteiger charge is 2.36. The molecule has 7 aromatic carbocycles. The van der Waals surface area contributed by atoms with Crippen molar-refractivity contribution in [3.05, 3.63) is 299 Å². The van der Waals surface area contributed by atoms with Gasteiger partial charge in [-0.1, -0.05) is 36.4 Å². The first-order valence-electron chi connectivity index (χ1n) is 42.7. The van der Waals surface area contributed by atoms with Crippen LogP contribution in [0.15, 0.2) is 216 Å². The number of aromatic nitrogens is 9. The molecule has 0 aliphatic carbocycles. The van der Waals surface area contributed by atoms with Crippen LogP contribution in [0.4, 0.5) is 0 Å². The third-order valence-corrected chi connectivity index (χ3v) is 23.1. The molecule has 3 atom stereocenters. The van der Waals surface area contributed by atoms with Crippen LogP contribution in [-0.4, -0.2) is 97.6 Å². The second-order valence-corrected chi connectivity index (χ2v) is 35.6. The van der Waals surface area contributed by atoms with Crippen molar-refractivity contribution in [3.63, 3.8) is 0 Å². The van der Waals surface area contributed by atoms with E-state index < -0.39 is 35.1 Å². The van der Waals surface area contributed by atoms with Gasteiger partial charge in [0.15, 0.2) is 17.3 Å². The number of ketones is 3. The fourth-order valence-electron chi connectivity index (χ4n) is 17.9. The van der Waals surface area contributed by atoms with E-state index in [1.807, 2.05) is 222 Å². The Balaban J connectivity index is 0.000000138. The number of Topliss-reactive ketones (excluding diaryl/α,β-unsaturated/α-hetero) is 3. The molecular weight excluding hydrogens is 1570 g/mol. The smallest absolute Gasteiger partial charge is 0.251 e. The molecule has 0 N–H and O–H groups in total. The van der Waals surface area contributed by atoms with Crippen LogP contribution in [0.1, 0.15) is 175 Å². The van der Waals surface area contributed by atoms with Crippen LogP contribution < -0.4 is 30.9 Å². The lowest BCUT2D eigenvalue weighted by Crippen LogP contribution is -2.27. The van der Waals surface area contributed by atoms with Crippen LogP contribution in [-0.2, 0) is 73.9 Å². The molecule has 0 saturated carbocycles. The average Bonchev–Trinajstić information content (AvgIpc) is 0.735. The molecule has 0 unspecified atom stereocenters. The van der Waals surface area contributed by atoms with Crippen LogP contribution in [0.2, 0.25) is 0 Å². The zero-order valence-corrected chi connectivity index (χ0v) is 73.5. The van der Waals surface area contributed by atoms with E-state index in [9.17, 15) is 28.8 Å². The van der Waals surface area contributed by atoms with Crippen molar-refractivity contribution in [2.45, 2.75) is 191 Å². The predicted octanol–water partition coefficient (Wildman–Crippen LogP) is 19.6. The predicted molar refractivity (Wildman–Crippen MR) is 491 cm³/mol. The summed E-state index contributed by atoms with van der Waals surface area (Å²) in [6.07, 6.45) is 15.5. The zero-order valence-electron chi connectivity index (χ0n) is 73.5. The first kappa shape index (κ1) is 85.5. The third kappa shape index (κ3) is 17.5. The van der Waals surface area contributed by atoms with Crippen molar-refractivity contribution >= 4 is 82.8 Å². The Morgan fingerprint density at radius 1 is 0.400 bits per heavy atom. The Kier molecular flexibility index (Phi) is 23.9. The summed E-state index contributed by atoms with van der Waals surface area (Å²) < 4.78 is 42.7. The minimum absolute atomic E-state index is 0.0452. The summed E-state index contributed by atoms with van der Waals surface area (Å²) in [5.74, 6) is 2.15. The fourth-order valence-corrected chi connectivity index (χ4v) is 17.9. The Bertz CT molecular complexity index is 6660. The third-order valence-electron chi connectivity index (χ3n) is 23.1. The quantitative estimate of drug-likeness (QED) is 0.0687. The largest absolute Gasteiger partial charge is 0.493 e. The van der Waals surface area contributed by atoms with Crippen molar-refractivity contribution in [3.8, 4) is 50.6 Å². The summed E-state index contributed by atoms with van der Waals surface area (Å²) in [5, 5.41) is 5.51. The normalized spacial score (nSPS) is 13.8. The number of rotatable bonds is 20. The molecule has 3 aliphatic rings.